The van der Waals surface area contributed by atoms with Crippen molar-refractivity contribution < 1.29 is 14.3 Å². The number of amides is 1. The van der Waals surface area contributed by atoms with Gasteiger partial charge in [-0.15, -0.1) is 0 Å². The first kappa shape index (κ1) is 13.5. The minimum Gasteiger partial charge on any atom is -0.466 e. The molecule has 1 aliphatic rings. The zero-order valence-electron chi connectivity index (χ0n) is 10.6. The summed E-state index contributed by atoms with van der Waals surface area (Å²) in [7, 11) is 1.32. The number of nitrogens with one attached hydrogen (secondary N) is 1. The number of aromatic nitrogens is 1. The summed E-state index contributed by atoms with van der Waals surface area (Å²) in [4.78, 5) is 27.5. The van der Waals surface area contributed by atoms with Crippen LogP contribution in [0.2, 0.25) is 5.15 Å². The molecule has 100 valence electrons. The molecule has 1 amide bonds. The molecule has 0 radical (unpaired) electrons. The van der Waals surface area contributed by atoms with Crippen LogP contribution < -0.4 is 5.32 Å². The fourth-order valence-corrected chi connectivity index (χ4v) is 2.27. The zero-order chi connectivity index (χ0) is 14.0. The van der Waals surface area contributed by atoms with E-state index in [1.54, 1.807) is 25.3 Å². The summed E-state index contributed by atoms with van der Waals surface area (Å²) in [5.74, 6) is -0.937. The third-order valence-electron chi connectivity index (χ3n) is 3.03. The highest BCUT2D eigenvalue weighted by atomic mass is 35.5. The molecule has 1 unspecified atom stereocenters. The molecule has 0 saturated carbocycles. The SMILES string of the molecule is COC(=O)C1=C(C)NC(=O)CC1c1ccc(Cl)nc1. The topological polar surface area (TPSA) is 68.3 Å². The number of hydrogen-bond acceptors (Lipinski definition) is 4. The predicted molar refractivity (Wildman–Crippen MR) is 69.5 cm³/mol. The van der Waals surface area contributed by atoms with Gasteiger partial charge in [0.25, 0.3) is 0 Å². The van der Waals surface area contributed by atoms with Crippen LogP contribution in [-0.2, 0) is 14.3 Å². The molecule has 1 atom stereocenters. The Hall–Kier alpha value is -1.88. The number of rotatable bonds is 2. The molecule has 5 nitrogen and oxygen atoms in total. The van der Waals surface area contributed by atoms with Crippen molar-refractivity contribution in [2.45, 2.75) is 19.3 Å². The van der Waals surface area contributed by atoms with Crippen molar-refractivity contribution in [2.24, 2.45) is 0 Å². The van der Waals surface area contributed by atoms with E-state index in [0.717, 1.165) is 5.56 Å². The quantitative estimate of drug-likeness (QED) is 0.662. The van der Waals surface area contributed by atoms with E-state index in [9.17, 15) is 9.59 Å². The van der Waals surface area contributed by atoms with Crippen LogP contribution in [0, 0.1) is 0 Å². The molecule has 0 fully saturated rings. The molecule has 0 aromatic carbocycles. The lowest BCUT2D eigenvalue weighted by Gasteiger charge is -2.25. The van der Waals surface area contributed by atoms with Gasteiger partial charge in [-0.2, -0.15) is 0 Å². The molecule has 19 heavy (non-hydrogen) atoms. The first-order chi connectivity index (χ1) is 9.02. The maximum Gasteiger partial charge on any atom is 0.336 e. The van der Waals surface area contributed by atoms with E-state index in [-0.39, 0.29) is 18.2 Å². The standard InChI is InChI=1S/C13H13ClN2O3/c1-7-12(13(18)19-2)9(5-11(17)16-7)8-3-4-10(14)15-6-8/h3-4,6,9H,5H2,1-2H3,(H,16,17). The Labute approximate surface area is 115 Å². The Morgan fingerprint density at radius 2 is 2.26 bits per heavy atom. The van der Waals surface area contributed by atoms with Crippen molar-refractivity contribution in [1.29, 1.82) is 0 Å². The van der Waals surface area contributed by atoms with E-state index < -0.39 is 5.97 Å². The fourth-order valence-electron chi connectivity index (χ4n) is 2.16. The monoisotopic (exact) mass is 280 g/mol. The highest BCUT2D eigenvalue weighted by Crippen LogP contribution is 2.33. The first-order valence-corrected chi connectivity index (χ1v) is 6.11. The van der Waals surface area contributed by atoms with E-state index in [1.165, 1.54) is 7.11 Å². The summed E-state index contributed by atoms with van der Waals surface area (Å²) in [5.41, 5.74) is 1.73. The van der Waals surface area contributed by atoms with Gasteiger partial charge >= 0.3 is 5.97 Å². The molecular formula is C13H13ClN2O3. The largest absolute Gasteiger partial charge is 0.466 e. The van der Waals surface area contributed by atoms with Crippen molar-refractivity contribution in [3.05, 3.63) is 40.3 Å². The van der Waals surface area contributed by atoms with Crippen LogP contribution in [0.3, 0.4) is 0 Å². The van der Waals surface area contributed by atoms with Crippen LogP contribution in [0.5, 0.6) is 0 Å². The molecule has 1 aromatic heterocycles. The van der Waals surface area contributed by atoms with E-state index in [2.05, 4.69) is 10.3 Å². The van der Waals surface area contributed by atoms with Gasteiger partial charge < -0.3 is 10.1 Å². The molecule has 0 saturated heterocycles. The molecule has 0 bridgehead atoms. The van der Waals surface area contributed by atoms with E-state index in [0.29, 0.717) is 16.4 Å². The molecule has 1 N–H and O–H groups in total. The van der Waals surface area contributed by atoms with Crippen molar-refractivity contribution in [3.63, 3.8) is 0 Å². The Kier molecular flexibility index (Phi) is 3.85. The number of ether oxygens (including phenoxy) is 1. The lowest BCUT2D eigenvalue weighted by molar-refractivity contribution is -0.136. The third kappa shape index (κ3) is 2.76. The molecule has 1 aromatic rings. The van der Waals surface area contributed by atoms with Gasteiger partial charge in [0.15, 0.2) is 0 Å². The smallest absolute Gasteiger partial charge is 0.336 e. The maximum absolute atomic E-state index is 11.9. The molecule has 0 aliphatic carbocycles. The number of hydrogen-bond donors (Lipinski definition) is 1. The van der Waals surface area contributed by atoms with Crippen molar-refractivity contribution in [2.75, 3.05) is 7.11 Å². The van der Waals surface area contributed by atoms with Gasteiger partial charge in [0.1, 0.15) is 5.15 Å². The highest BCUT2D eigenvalue weighted by Gasteiger charge is 2.32. The third-order valence-corrected chi connectivity index (χ3v) is 3.25. The average Bonchev–Trinajstić information content (AvgIpc) is 2.38. The number of methoxy groups -OCH3 is 1. The number of nitrogens with zero attached hydrogens (tertiary/aromatic N) is 1. The summed E-state index contributed by atoms with van der Waals surface area (Å²) in [6, 6.07) is 3.39. The summed E-state index contributed by atoms with van der Waals surface area (Å²) < 4.78 is 4.78. The van der Waals surface area contributed by atoms with Gasteiger partial charge in [-0.3, -0.25) is 4.79 Å². The summed E-state index contributed by atoms with van der Waals surface area (Å²) in [5, 5.41) is 3.01. The molecule has 2 rings (SSSR count). The Morgan fingerprint density at radius 1 is 1.53 bits per heavy atom. The molecular weight excluding hydrogens is 268 g/mol. The van der Waals surface area contributed by atoms with E-state index in [1.807, 2.05) is 0 Å². The number of esters is 1. The minimum absolute atomic E-state index is 0.134. The van der Waals surface area contributed by atoms with Gasteiger partial charge in [-0.1, -0.05) is 17.7 Å². The number of allylic oxidation sites excluding steroid dienone is 1. The summed E-state index contributed by atoms with van der Waals surface area (Å²) in [6.45, 7) is 1.68. The number of pyridine rings is 1. The van der Waals surface area contributed by atoms with Crippen LogP contribution in [-0.4, -0.2) is 24.0 Å². The summed E-state index contributed by atoms with van der Waals surface area (Å²) in [6.07, 6.45) is 1.76. The van der Waals surface area contributed by atoms with Crippen LogP contribution in [0.15, 0.2) is 29.6 Å². The van der Waals surface area contributed by atoms with Crippen LogP contribution in [0.4, 0.5) is 0 Å². The highest BCUT2D eigenvalue weighted by molar-refractivity contribution is 6.29. The van der Waals surface area contributed by atoms with Crippen molar-refractivity contribution in [1.82, 2.24) is 10.3 Å². The average molecular weight is 281 g/mol. The second-order valence-electron chi connectivity index (χ2n) is 4.25. The van der Waals surface area contributed by atoms with Gasteiger partial charge in [0.2, 0.25) is 5.91 Å². The van der Waals surface area contributed by atoms with E-state index in [4.69, 9.17) is 16.3 Å². The number of carbonyl (C=O) groups excluding carboxylic acids is 2. The van der Waals surface area contributed by atoms with Gasteiger partial charge in [-0.05, 0) is 18.6 Å². The van der Waals surface area contributed by atoms with Crippen LogP contribution in [0.1, 0.15) is 24.8 Å². The Bertz CT molecular complexity index is 552. The molecule has 1 aliphatic heterocycles. The van der Waals surface area contributed by atoms with Crippen LogP contribution >= 0.6 is 11.6 Å². The fraction of sp³-hybridized carbons (Fsp3) is 0.308. The first-order valence-electron chi connectivity index (χ1n) is 5.73. The van der Waals surface area contributed by atoms with Gasteiger partial charge in [0.05, 0.1) is 12.7 Å². The predicted octanol–water partition coefficient (Wildman–Crippen LogP) is 1.79. The number of carbonyl (C=O) groups is 2. The molecule has 6 heteroatoms. The van der Waals surface area contributed by atoms with Gasteiger partial charge in [0, 0.05) is 24.2 Å². The second kappa shape index (κ2) is 5.40. The Morgan fingerprint density at radius 3 is 2.84 bits per heavy atom. The Balaban J connectivity index is 2.46. The zero-order valence-corrected chi connectivity index (χ0v) is 11.3. The maximum atomic E-state index is 11.9. The minimum atomic E-state index is -0.447. The molecule has 0 spiro atoms. The second-order valence-corrected chi connectivity index (χ2v) is 4.64. The van der Waals surface area contributed by atoms with Crippen LogP contribution in [0.25, 0.3) is 0 Å². The number of halogens is 1. The van der Waals surface area contributed by atoms with Crippen molar-refractivity contribution >= 4 is 23.5 Å². The summed E-state index contributed by atoms with van der Waals surface area (Å²) >= 11 is 5.74. The van der Waals surface area contributed by atoms with Crippen molar-refractivity contribution in [3.8, 4) is 0 Å². The normalized spacial score (nSPS) is 19.1. The lowest BCUT2D eigenvalue weighted by atomic mass is 9.85. The lowest BCUT2D eigenvalue weighted by Crippen LogP contribution is -2.34. The van der Waals surface area contributed by atoms with E-state index >= 15 is 0 Å². The molecule has 2 heterocycles. The van der Waals surface area contributed by atoms with Gasteiger partial charge in [-0.25, -0.2) is 9.78 Å².